The Morgan fingerprint density at radius 3 is 2.90 bits per heavy atom. The normalized spacial score (nSPS) is 20.0. The van der Waals surface area contributed by atoms with E-state index in [2.05, 4.69) is 4.99 Å². The number of esters is 1. The summed E-state index contributed by atoms with van der Waals surface area (Å²) in [5.41, 5.74) is 7.81. The van der Waals surface area contributed by atoms with Gasteiger partial charge in [-0.2, -0.15) is 0 Å². The fraction of sp³-hybridized carbons (Fsp3) is 0.273. The lowest BCUT2D eigenvalue weighted by molar-refractivity contribution is -0.172. The highest BCUT2D eigenvalue weighted by Crippen LogP contribution is 2.39. The van der Waals surface area contributed by atoms with Gasteiger partial charge in [-0.1, -0.05) is 13.0 Å². The van der Waals surface area contributed by atoms with Crippen LogP contribution in [0.2, 0.25) is 0 Å². The number of hydrogen-bond acceptors (Lipinski definition) is 6. The van der Waals surface area contributed by atoms with Crippen molar-refractivity contribution in [3.05, 3.63) is 57.4 Å². The third-order valence-corrected chi connectivity index (χ3v) is 5.83. The fourth-order valence-corrected chi connectivity index (χ4v) is 4.27. The van der Waals surface area contributed by atoms with Gasteiger partial charge >= 0.3 is 5.97 Å². The molecule has 1 aromatic carbocycles. The van der Waals surface area contributed by atoms with E-state index in [1.807, 2.05) is 24.3 Å². The molecule has 3 aromatic rings. The van der Waals surface area contributed by atoms with Gasteiger partial charge in [0.25, 0.3) is 5.56 Å². The molecule has 2 aliphatic rings. The molecule has 0 aliphatic carbocycles. The first-order valence-electron chi connectivity index (χ1n) is 9.74. The van der Waals surface area contributed by atoms with Crippen LogP contribution in [0.3, 0.4) is 0 Å². The number of nitrogens with zero attached hydrogens (tertiary/aromatic N) is 3. The Labute approximate surface area is 171 Å². The highest BCUT2D eigenvalue weighted by molar-refractivity contribution is 5.95. The summed E-state index contributed by atoms with van der Waals surface area (Å²) in [5.74, 6) is -0.287. The topological polar surface area (TPSA) is 120 Å². The molecule has 5 rings (SSSR count). The maximum Gasteiger partial charge on any atom is 0.343 e. The molecular formula is C22H20N4O4. The van der Waals surface area contributed by atoms with Crippen molar-refractivity contribution in [3.8, 4) is 11.4 Å². The average Bonchev–Trinajstić information content (AvgIpc) is 3.08. The van der Waals surface area contributed by atoms with Crippen LogP contribution in [0.4, 0.5) is 5.69 Å². The van der Waals surface area contributed by atoms with Gasteiger partial charge in [0.05, 0.1) is 40.5 Å². The largest absolute Gasteiger partial charge is 0.458 e. The summed E-state index contributed by atoms with van der Waals surface area (Å²) < 4.78 is 6.71. The van der Waals surface area contributed by atoms with Gasteiger partial charge in [0.15, 0.2) is 5.60 Å². The molecule has 2 aromatic heterocycles. The molecule has 2 aliphatic heterocycles. The first-order chi connectivity index (χ1) is 14.3. The molecule has 0 spiro atoms. The number of pyridine rings is 2. The number of aliphatic imine (C=N–C) groups is 1. The molecular weight excluding hydrogens is 384 g/mol. The molecule has 1 unspecified atom stereocenters. The average molecular weight is 404 g/mol. The van der Waals surface area contributed by atoms with Gasteiger partial charge < -0.3 is 20.1 Å². The van der Waals surface area contributed by atoms with Crippen molar-refractivity contribution < 1.29 is 14.6 Å². The van der Waals surface area contributed by atoms with Crippen molar-refractivity contribution >= 4 is 28.4 Å². The Kier molecular flexibility index (Phi) is 3.85. The number of amidine groups is 1. The van der Waals surface area contributed by atoms with Crippen molar-refractivity contribution in [2.24, 2.45) is 10.7 Å². The number of carbonyl (C=O) groups is 1. The number of rotatable bonds is 2. The molecule has 8 heteroatoms. The Balaban J connectivity index is 1.77. The van der Waals surface area contributed by atoms with Crippen molar-refractivity contribution in [2.75, 3.05) is 0 Å². The van der Waals surface area contributed by atoms with Gasteiger partial charge in [0, 0.05) is 16.5 Å². The van der Waals surface area contributed by atoms with Gasteiger partial charge in [-0.3, -0.25) is 4.79 Å². The smallest absolute Gasteiger partial charge is 0.343 e. The number of carbonyl (C=O) groups excluding carboxylic acids is 1. The van der Waals surface area contributed by atoms with E-state index in [4.69, 9.17) is 15.5 Å². The Morgan fingerprint density at radius 1 is 1.37 bits per heavy atom. The summed E-state index contributed by atoms with van der Waals surface area (Å²) in [6, 6.07) is 9.27. The number of nitrogens with two attached hydrogens (primary N) is 1. The van der Waals surface area contributed by atoms with Gasteiger partial charge in [-0.25, -0.2) is 14.8 Å². The van der Waals surface area contributed by atoms with Crippen LogP contribution in [0.1, 0.15) is 37.0 Å². The Hall–Kier alpha value is -3.52. The van der Waals surface area contributed by atoms with Crippen molar-refractivity contribution in [1.29, 1.82) is 0 Å². The highest BCUT2D eigenvalue weighted by Gasteiger charge is 2.45. The van der Waals surface area contributed by atoms with Crippen LogP contribution in [0, 0.1) is 0 Å². The van der Waals surface area contributed by atoms with E-state index in [1.54, 1.807) is 24.5 Å². The van der Waals surface area contributed by atoms with Gasteiger partial charge in [0.1, 0.15) is 6.61 Å². The van der Waals surface area contributed by atoms with E-state index in [1.165, 1.54) is 0 Å². The molecule has 0 saturated carbocycles. The molecule has 4 heterocycles. The quantitative estimate of drug-likeness (QED) is 0.300. The van der Waals surface area contributed by atoms with Crippen LogP contribution in [0.5, 0.6) is 0 Å². The number of ether oxygens (including phenoxy) is 1. The van der Waals surface area contributed by atoms with Crippen LogP contribution >= 0.6 is 0 Å². The maximum absolute atomic E-state index is 13.2. The zero-order chi connectivity index (χ0) is 21.2. The van der Waals surface area contributed by atoms with Crippen molar-refractivity contribution in [2.45, 2.75) is 39.0 Å². The van der Waals surface area contributed by atoms with E-state index < -0.39 is 11.6 Å². The Bertz CT molecular complexity index is 1340. The minimum atomic E-state index is -1.83. The van der Waals surface area contributed by atoms with Crippen molar-refractivity contribution in [3.63, 3.8) is 0 Å². The maximum atomic E-state index is 13.2. The van der Waals surface area contributed by atoms with Crippen LogP contribution < -0.4 is 11.3 Å². The zero-order valence-corrected chi connectivity index (χ0v) is 16.6. The zero-order valence-electron chi connectivity index (χ0n) is 16.6. The molecule has 0 saturated heterocycles. The standard InChI is InChI=1S/C22H20N4O4/c1-3-22(29)15-8-18-19-12(9-26(18)20(27)14(15)10-30-21(22)28)7-13-16(24-11(2)23)5-4-6-17(13)25-19/h4-8,29H,3,9-10H2,1-2H3,(H2,23,24). The minimum absolute atomic E-state index is 0.111. The predicted octanol–water partition coefficient (Wildman–Crippen LogP) is 2.09. The van der Waals surface area contributed by atoms with Gasteiger partial charge in [0.2, 0.25) is 0 Å². The Morgan fingerprint density at radius 2 is 2.17 bits per heavy atom. The molecule has 0 amide bonds. The number of aliphatic hydroxyl groups is 1. The van der Waals surface area contributed by atoms with Crippen LogP contribution in [0.15, 0.2) is 40.1 Å². The van der Waals surface area contributed by atoms with E-state index >= 15 is 0 Å². The molecule has 0 bridgehead atoms. The van der Waals surface area contributed by atoms with E-state index in [-0.39, 0.29) is 18.6 Å². The second-order valence-electron chi connectivity index (χ2n) is 7.70. The molecule has 0 radical (unpaired) electrons. The van der Waals surface area contributed by atoms with Gasteiger partial charge in [-0.15, -0.1) is 0 Å². The summed E-state index contributed by atoms with van der Waals surface area (Å²) in [6.45, 7) is 3.61. The van der Waals surface area contributed by atoms with Crippen LogP contribution in [-0.4, -0.2) is 26.5 Å². The van der Waals surface area contributed by atoms with Gasteiger partial charge in [-0.05, 0) is 37.6 Å². The highest BCUT2D eigenvalue weighted by atomic mass is 16.6. The van der Waals surface area contributed by atoms with Crippen LogP contribution in [0.25, 0.3) is 22.3 Å². The van der Waals surface area contributed by atoms with E-state index in [0.29, 0.717) is 40.6 Å². The van der Waals surface area contributed by atoms with E-state index in [9.17, 15) is 14.7 Å². The first-order valence-corrected chi connectivity index (χ1v) is 9.74. The minimum Gasteiger partial charge on any atom is -0.458 e. The lowest BCUT2D eigenvalue weighted by atomic mass is 9.86. The first kappa shape index (κ1) is 18.5. The SMILES string of the molecule is CCC1(O)C(=O)OCc2c1cc1n(c2=O)Cc2cc3c(N=C(C)N)cccc3nc2-1. The molecule has 8 nitrogen and oxygen atoms in total. The van der Waals surface area contributed by atoms with Crippen molar-refractivity contribution in [1.82, 2.24) is 9.55 Å². The molecule has 3 N–H and O–H groups in total. The second kappa shape index (κ2) is 6.24. The number of hydrogen-bond donors (Lipinski definition) is 2. The lowest BCUT2D eigenvalue weighted by Crippen LogP contribution is -2.44. The lowest BCUT2D eigenvalue weighted by Gasteiger charge is -2.31. The number of fused-ring (bicyclic) bond motifs is 5. The fourth-order valence-electron chi connectivity index (χ4n) is 4.27. The summed E-state index contributed by atoms with van der Waals surface area (Å²) in [7, 11) is 0. The summed E-state index contributed by atoms with van der Waals surface area (Å²) in [5, 5.41) is 11.8. The monoisotopic (exact) mass is 404 g/mol. The van der Waals surface area contributed by atoms with E-state index in [0.717, 1.165) is 16.5 Å². The molecule has 152 valence electrons. The summed E-state index contributed by atoms with van der Waals surface area (Å²) in [6.07, 6.45) is 0.111. The number of benzene rings is 1. The second-order valence-corrected chi connectivity index (χ2v) is 7.70. The molecule has 0 fully saturated rings. The molecule has 1 atom stereocenters. The summed E-state index contributed by atoms with van der Waals surface area (Å²) in [4.78, 5) is 34.6. The number of aromatic nitrogens is 2. The molecule has 30 heavy (non-hydrogen) atoms. The predicted molar refractivity (Wildman–Crippen MR) is 111 cm³/mol. The third kappa shape index (κ3) is 2.43. The number of cyclic esters (lactones) is 1. The summed E-state index contributed by atoms with van der Waals surface area (Å²) >= 11 is 0. The third-order valence-electron chi connectivity index (χ3n) is 5.83. The van der Waals surface area contributed by atoms with Crippen LogP contribution in [-0.2, 0) is 28.3 Å².